The maximum atomic E-state index is 4.08. The standard InChI is InChI=1S/C6H10N2.C4H6N2/c1-3-6-7-4-5(2)8-6;1-4-2-5-3-6-4/h4H,3H2,1-2H3,(H,7,8);2-3H,1H3,(H,5,6). The van der Waals surface area contributed by atoms with Crippen LogP contribution >= 0.6 is 0 Å². The van der Waals surface area contributed by atoms with E-state index in [1.165, 1.54) is 0 Å². The van der Waals surface area contributed by atoms with Gasteiger partial charge in [0.25, 0.3) is 0 Å². The Morgan fingerprint density at radius 2 is 2.00 bits per heavy atom. The molecule has 0 aliphatic rings. The van der Waals surface area contributed by atoms with Crippen LogP contribution in [0.3, 0.4) is 0 Å². The third-order valence-electron chi connectivity index (χ3n) is 1.73. The van der Waals surface area contributed by atoms with Crippen LogP contribution in [0.5, 0.6) is 0 Å². The molecule has 0 saturated carbocycles. The Hall–Kier alpha value is -1.58. The van der Waals surface area contributed by atoms with Crippen molar-refractivity contribution in [2.24, 2.45) is 0 Å². The average molecular weight is 192 g/mol. The number of nitrogens with zero attached hydrogens (tertiary/aromatic N) is 2. The van der Waals surface area contributed by atoms with Crippen molar-refractivity contribution in [1.82, 2.24) is 19.9 Å². The third kappa shape index (κ3) is 3.43. The van der Waals surface area contributed by atoms with Crippen molar-refractivity contribution < 1.29 is 0 Å². The highest BCUT2D eigenvalue weighted by molar-refractivity contribution is 4.97. The van der Waals surface area contributed by atoms with E-state index < -0.39 is 0 Å². The number of aromatic amines is 2. The molecule has 0 fully saturated rings. The van der Waals surface area contributed by atoms with Gasteiger partial charge in [-0.15, -0.1) is 0 Å². The van der Waals surface area contributed by atoms with Gasteiger partial charge in [-0.25, -0.2) is 9.97 Å². The predicted molar refractivity (Wildman–Crippen MR) is 56.0 cm³/mol. The molecule has 2 N–H and O–H groups in total. The summed E-state index contributed by atoms with van der Waals surface area (Å²) in [5.74, 6) is 1.07. The largest absolute Gasteiger partial charge is 0.349 e. The quantitative estimate of drug-likeness (QED) is 0.726. The van der Waals surface area contributed by atoms with Crippen molar-refractivity contribution >= 4 is 0 Å². The molecule has 2 aromatic heterocycles. The van der Waals surface area contributed by atoms with E-state index in [0.717, 1.165) is 23.6 Å². The predicted octanol–water partition coefficient (Wildman–Crippen LogP) is 2.00. The lowest BCUT2D eigenvalue weighted by Gasteiger charge is -1.82. The minimum absolute atomic E-state index is 0.994. The highest BCUT2D eigenvalue weighted by Crippen LogP contribution is 1.93. The number of nitrogens with one attached hydrogen (secondary N) is 2. The first-order valence-corrected chi connectivity index (χ1v) is 4.67. The first-order valence-electron chi connectivity index (χ1n) is 4.67. The van der Waals surface area contributed by atoms with Crippen molar-refractivity contribution in [3.8, 4) is 0 Å². The average Bonchev–Trinajstić information content (AvgIpc) is 2.77. The molecule has 0 radical (unpaired) electrons. The summed E-state index contributed by atoms with van der Waals surface area (Å²) in [4.78, 5) is 13.8. The number of aryl methyl sites for hydroxylation is 3. The van der Waals surface area contributed by atoms with Gasteiger partial charge in [-0.1, -0.05) is 6.92 Å². The number of H-pyrrole nitrogens is 2. The minimum atomic E-state index is 0.994. The number of aromatic nitrogens is 4. The number of rotatable bonds is 1. The van der Waals surface area contributed by atoms with Gasteiger partial charge in [-0.3, -0.25) is 0 Å². The molecule has 0 atom stereocenters. The summed E-state index contributed by atoms with van der Waals surface area (Å²) in [6.07, 6.45) is 6.28. The molecule has 0 spiro atoms. The molecule has 0 amide bonds. The third-order valence-corrected chi connectivity index (χ3v) is 1.73. The summed E-state index contributed by atoms with van der Waals surface area (Å²) in [5, 5.41) is 0. The summed E-state index contributed by atoms with van der Waals surface area (Å²) in [5.41, 5.74) is 2.25. The Morgan fingerprint density at radius 3 is 2.21 bits per heavy atom. The molecule has 76 valence electrons. The van der Waals surface area contributed by atoms with E-state index in [-0.39, 0.29) is 0 Å². The van der Waals surface area contributed by atoms with Crippen LogP contribution in [0, 0.1) is 13.8 Å². The topological polar surface area (TPSA) is 57.4 Å². The molecule has 0 aliphatic carbocycles. The molecule has 4 heteroatoms. The number of hydrogen-bond donors (Lipinski definition) is 2. The summed E-state index contributed by atoms with van der Waals surface area (Å²) in [6, 6.07) is 0. The zero-order valence-corrected chi connectivity index (χ0v) is 8.83. The second-order valence-corrected chi connectivity index (χ2v) is 3.10. The van der Waals surface area contributed by atoms with E-state index in [0.29, 0.717) is 0 Å². The summed E-state index contributed by atoms with van der Waals surface area (Å²) in [6.45, 7) is 6.05. The van der Waals surface area contributed by atoms with Crippen LogP contribution in [0.25, 0.3) is 0 Å². The number of hydrogen-bond acceptors (Lipinski definition) is 2. The Balaban J connectivity index is 0.000000146. The molecule has 0 aliphatic heterocycles. The van der Waals surface area contributed by atoms with Crippen LogP contribution in [0.15, 0.2) is 18.7 Å². The smallest absolute Gasteiger partial charge is 0.105 e. The van der Waals surface area contributed by atoms with Crippen LogP contribution < -0.4 is 0 Å². The summed E-state index contributed by atoms with van der Waals surface area (Å²) in [7, 11) is 0. The van der Waals surface area contributed by atoms with Gasteiger partial charge < -0.3 is 9.97 Å². The molecule has 0 aromatic carbocycles. The Morgan fingerprint density at radius 1 is 1.21 bits per heavy atom. The fraction of sp³-hybridized carbons (Fsp3) is 0.400. The first kappa shape index (κ1) is 10.5. The van der Waals surface area contributed by atoms with Crippen molar-refractivity contribution in [1.29, 1.82) is 0 Å². The number of imidazole rings is 2. The van der Waals surface area contributed by atoms with Gasteiger partial charge in [0, 0.05) is 30.2 Å². The second-order valence-electron chi connectivity index (χ2n) is 3.10. The molecule has 14 heavy (non-hydrogen) atoms. The molecule has 0 unspecified atom stereocenters. The minimum Gasteiger partial charge on any atom is -0.349 e. The van der Waals surface area contributed by atoms with Gasteiger partial charge in [0.1, 0.15) is 5.82 Å². The fourth-order valence-electron chi connectivity index (χ4n) is 0.972. The summed E-state index contributed by atoms with van der Waals surface area (Å²) >= 11 is 0. The maximum absolute atomic E-state index is 4.08. The molecular formula is C10H16N4. The van der Waals surface area contributed by atoms with E-state index in [4.69, 9.17) is 0 Å². The monoisotopic (exact) mass is 192 g/mol. The lowest BCUT2D eigenvalue weighted by Crippen LogP contribution is -1.80. The lowest BCUT2D eigenvalue weighted by molar-refractivity contribution is 0.982. The fourth-order valence-corrected chi connectivity index (χ4v) is 0.972. The molecular weight excluding hydrogens is 176 g/mol. The molecule has 2 rings (SSSR count). The zero-order chi connectivity index (χ0) is 10.4. The van der Waals surface area contributed by atoms with Crippen molar-refractivity contribution in [2.75, 3.05) is 0 Å². The van der Waals surface area contributed by atoms with Crippen molar-refractivity contribution in [3.05, 3.63) is 35.9 Å². The van der Waals surface area contributed by atoms with Crippen LogP contribution in [-0.4, -0.2) is 19.9 Å². The van der Waals surface area contributed by atoms with Crippen LogP contribution in [0.1, 0.15) is 24.1 Å². The SMILES string of the molecule is CCc1ncc(C)[nH]1.Cc1cnc[nH]1. The van der Waals surface area contributed by atoms with Crippen LogP contribution in [-0.2, 0) is 6.42 Å². The highest BCUT2D eigenvalue weighted by atomic mass is 14.9. The van der Waals surface area contributed by atoms with Gasteiger partial charge in [0.2, 0.25) is 0 Å². The van der Waals surface area contributed by atoms with Gasteiger partial charge in [0.15, 0.2) is 0 Å². The molecule has 0 bridgehead atoms. The molecule has 4 nitrogen and oxygen atoms in total. The van der Waals surface area contributed by atoms with Gasteiger partial charge in [0.05, 0.1) is 6.33 Å². The van der Waals surface area contributed by atoms with E-state index in [1.54, 1.807) is 12.5 Å². The van der Waals surface area contributed by atoms with E-state index in [1.807, 2.05) is 20.0 Å². The Labute approximate surface area is 83.8 Å². The normalized spacial score (nSPS) is 9.36. The van der Waals surface area contributed by atoms with E-state index >= 15 is 0 Å². The molecule has 2 heterocycles. The lowest BCUT2D eigenvalue weighted by atomic mass is 10.5. The molecule has 0 saturated heterocycles. The van der Waals surface area contributed by atoms with E-state index in [2.05, 4.69) is 26.9 Å². The van der Waals surface area contributed by atoms with Gasteiger partial charge >= 0.3 is 0 Å². The van der Waals surface area contributed by atoms with Crippen molar-refractivity contribution in [3.63, 3.8) is 0 Å². The van der Waals surface area contributed by atoms with Crippen LogP contribution in [0.2, 0.25) is 0 Å². The second kappa shape index (κ2) is 5.21. The molecule has 2 aromatic rings. The Kier molecular flexibility index (Phi) is 3.91. The van der Waals surface area contributed by atoms with Crippen LogP contribution in [0.4, 0.5) is 0 Å². The van der Waals surface area contributed by atoms with E-state index in [9.17, 15) is 0 Å². The van der Waals surface area contributed by atoms with Gasteiger partial charge in [-0.05, 0) is 13.8 Å². The Bertz CT molecular complexity index is 348. The zero-order valence-electron chi connectivity index (χ0n) is 8.83. The van der Waals surface area contributed by atoms with Crippen molar-refractivity contribution in [2.45, 2.75) is 27.2 Å². The van der Waals surface area contributed by atoms with Gasteiger partial charge in [-0.2, -0.15) is 0 Å². The highest BCUT2D eigenvalue weighted by Gasteiger charge is 1.89. The maximum Gasteiger partial charge on any atom is 0.105 e. The first-order chi connectivity index (χ1) is 6.72. The summed E-state index contributed by atoms with van der Waals surface area (Å²) < 4.78 is 0.